The Morgan fingerprint density at radius 1 is 1.41 bits per heavy atom. The van der Waals surface area contributed by atoms with Crippen molar-refractivity contribution in [3.05, 3.63) is 35.4 Å². The van der Waals surface area contributed by atoms with Gasteiger partial charge in [-0.1, -0.05) is 0 Å². The van der Waals surface area contributed by atoms with E-state index in [1.54, 1.807) is 0 Å². The van der Waals surface area contributed by atoms with Crippen LogP contribution in [-0.4, -0.2) is 17.3 Å². The van der Waals surface area contributed by atoms with E-state index in [1.807, 2.05) is 0 Å². The van der Waals surface area contributed by atoms with E-state index in [-0.39, 0.29) is 5.56 Å². The molecule has 1 amide bonds. The maximum absolute atomic E-state index is 13.4. The van der Waals surface area contributed by atoms with Crippen LogP contribution in [-0.2, 0) is 0 Å². The second-order valence-corrected chi connectivity index (χ2v) is 4.61. The SMILES string of the molecule is O=C(NC1(CCl)CCC1)c1ccc(F)cc1F. The Bertz CT molecular complexity index is 441. The van der Waals surface area contributed by atoms with Crippen molar-refractivity contribution in [1.29, 1.82) is 0 Å². The molecule has 2 rings (SSSR count). The molecule has 1 aromatic rings. The van der Waals surface area contributed by atoms with Crippen molar-refractivity contribution >= 4 is 17.5 Å². The number of benzene rings is 1. The van der Waals surface area contributed by atoms with E-state index in [2.05, 4.69) is 5.32 Å². The maximum Gasteiger partial charge on any atom is 0.254 e. The number of rotatable bonds is 3. The molecular weight excluding hydrogens is 248 g/mol. The third-order valence-corrected chi connectivity index (χ3v) is 3.63. The number of carbonyl (C=O) groups excluding carboxylic acids is 1. The van der Waals surface area contributed by atoms with Gasteiger partial charge < -0.3 is 5.32 Å². The molecule has 2 nitrogen and oxygen atoms in total. The van der Waals surface area contributed by atoms with Gasteiger partial charge in [0.1, 0.15) is 11.6 Å². The van der Waals surface area contributed by atoms with Crippen molar-refractivity contribution in [2.75, 3.05) is 5.88 Å². The molecule has 0 radical (unpaired) electrons. The molecule has 1 aliphatic carbocycles. The fraction of sp³-hybridized carbons (Fsp3) is 0.417. The second-order valence-electron chi connectivity index (χ2n) is 4.35. The van der Waals surface area contributed by atoms with Crippen molar-refractivity contribution in [2.24, 2.45) is 0 Å². The van der Waals surface area contributed by atoms with Gasteiger partial charge in [0.2, 0.25) is 0 Å². The van der Waals surface area contributed by atoms with Crippen LogP contribution in [0.4, 0.5) is 8.78 Å². The standard InChI is InChI=1S/C12H12ClF2NO/c13-7-12(4-1-5-12)16-11(17)9-3-2-8(14)6-10(9)15/h2-3,6H,1,4-5,7H2,(H,16,17). The molecule has 0 spiro atoms. The molecule has 1 N–H and O–H groups in total. The van der Waals surface area contributed by atoms with Crippen molar-refractivity contribution in [2.45, 2.75) is 24.8 Å². The number of nitrogens with one attached hydrogen (secondary N) is 1. The lowest BCUT2D eigenvalue weighted by Gasteiger charge is -2.41. The summed E-state index contributed by atoms with van der Waals surface area (Å²) in [6.07, 6.45) is 2.59. The third-order valence-electron chi connectivity index (χ3n) is 3.12. The first-order chi connectivity index (χ1) is 8.06. The smallest absolute Gasteiger partial charge is 0.254 e. The zero-order valence-corrected chi connectivity index (χ0v) is 9.86. The van der Waals surface area contributed by atoms with Gasteiger partial charge in [0.05, 0.1) is 11.1 Å². The van der Waals surface area contributed by atoms with Crippen molar-refractivity contribution in [1.82, 2.24) is 5.32 Å². The summed E-state index contributed by atoms with van der Waals surface area (Å²) >= 11 is 5.79. The van der Waals surface area contributed by atoms with Gasteiger partial charge in [0.15, 0.2) is 0 Å². The van der Waals surface area contributed by atoms with Gasteiger partial charge in [-0.05, 0) is 31.4 Å². The molecule has 1 aliphatic rings. The molecule has 92 valence electrons. The van der Waals surface area contributed by atoms with Crippen LogP contribution in [0.25, 0.3) is 0 Å². The maximum atomic E-state index is 13.4. The van der Waals surface area contributed by atoms with E-state index in [1.165, 1.54) is 0 Å². The zero-order valence-electron chi connectivity index (χ0n) is 9.10. The highest BCUT2D eigenvalue weighted by Crippen LogP contribution is 2.33. The topological polar surface area (TPSA) is 29.1 Å². The van der Waals surface area contributed by atoms with Crippen molar-refractivity contribution in [3.8, 4) is 0 Å². The minimum Gasteiger partial charge on any atom is -0.345 e. The number of hydrogen-bond acceptors (Lipinski definition) is 1. The fourth-order valence-corrected chi connectivity index (χ4v) is 2.21. The van der Waals surface area contributed by atoms with Crippen LogP contribution in [0.3, 0.4) is 0 Å². The van der Waals surface area contributed by atoms with Gasteiger partial charge >= 0.3 is 0 Å². The minimum atomic E-state index is -0.855. The highest BCUT2D eigenvalue weighted by Gasteiger charge is 2.38. The Morgan fingerprint density at radius 3 is 2.59 bits per heavy atom. The molecular formula is C12H12ClF2NO. The molecule has 5 heteroatoms. The first-order valence-electron chi connectivity index (χ1n) is 5.40. The average molecular weight is 260 g/mol. The first-order valence-corrected chi connectivity index (χ1v) is 5.93. The van der Waals surface area contributed by atoms with E-state index in [0.717, 1.165) is 31.4 Å². The third kappa shape index (κ3) is 2.41. The Labute approximate surface area is 103 Å². The molecule has 17 heavy (non-hydrogen) atoms. The number of carbonyl (C=O) groups is 1. The van der Waals surface area contributed by atoms with E-state index >= 15 is 0 Å². The number of hydrogen-bond donors (Lipinski definition) is 1. The summed E-state index contributed by atoms with van der Waals surface area (Å²) in [6.45, 7) is 0. The summed E-state index contributed by atoms with van der Waals surface area (Å²) in [5.74, 6) is -1.79. The molecule has 0 atom stereocenters. The highest BCUT2D eigenvalue weighted by atomic mass is 35.5. The van der Waals surface area contributed by atoms with Crippen LogP contribution in [0.5, 0.6) is 0 Å². The van der Waals surface area contributed by atoms with Gasteiger partial charge in [-0.15, -0.1) is 11.6 Å². The quantitative estimate of drug-likeness (QED) is 0.831. The van der Waals surface area contributed by atoms with Gasteiger partial charge in [0.25, 0.3) is 5.91 Å². The molecule has 0 aromatic heterocycles. The minimum absolute atomic E-state index is 0.150. The molecule has 0 heterocycles. The van der Waals surface area contributed by atoms with Gasteiger partial charge in [-0.3, -0.25) is 4.79 Å². The molecule has 0 saturated heterocycles. The molecule has 0 unspecified atom stereocenters. The Balaban J connectivity index is 2.14. The molecule has 1 aromatic carbocycles. The summed E-state index contributed by atoms with van der Waals surface area (Å²) in [5, 5.41) is 2.72. The summed E-state index contributed by atoms with van der Waals surface area (Å²) in [7, 11) is 0. The number of amides is 1. The number of alkyl halides is 1. The lowest BCUT2D eigenvalue weighted by Crippen LogP contribution is -2.55. The summed E-state index contributed by atoms with van der Waals surface area (Å²) < 4.78 is 26.1. The lowest BCUT2D eigenvalue weighted by molar-refractivity contribution is 0.0849. The molecule has 1 saturated carbocycles. The molecule has 0 bridgehead atoms. The monoisotopic (exact) mass is 259 g/mol. The molecule has 0 aliphatic heterocycles. The molecule has 1 fully saturated rings. The van der Waals surface area contributed by atoms with Crippen LogP contribution in [0.15, 0.2) is 18.2 Å². The van der Waals surface area contributed by atoms with Crippen LogP contribution in [0.2, 0.25) is 0 Å². The van der Waals surface area contributed by atoms with Crippen LogP contribution >= 0.6 is 11.6 Å². The summed E-state index contributed by atoms with van der Waals surface area (Å²) in [6, 6.07) is 2.90. The largest absolute Gasteiger partial charge is 0.345 e. The summed E-state index contributed by atoms with van der Waals surface area (Å²) in [5.41, 5.74) is -0.567. The number of halogens is 3. The predicted molar refractivity (Wildman–Crippen MR) is 61.1 cm³/mol. The van der Waals surface area contributed by atoms with Crippen molar-refractivity contribution in [3.63, 3.8) is 0 Å². The highest BCUT2D eigenvalue weighted by molar-refractivity contribution is 6.19. The van der Waals surface area contributed by atoms with Gasteiger partial charge in [-0.25, -0.2) is 8.78 Å². The van der Waals surface area contributed by atoms with Gasteiger partial charge in [-0.2, -0.15) is 0 Å². The first kappa shape index (κ1) is 12.3. The normalized spacial score (nSPS) is 17.4. The zero-order chi connectivity index (χ0) is 12.5. The van der Waals surface area contributed by atoms with E-state index in [4.69, 9.17) is 11.6 Å². The van der Waals surface area contributed by atoms with Crippen LogP contribution in [0, 0.1) is 11.6 Å². The van der Waals surface area contributed by atoms with Crippen LogP contribution in [0.1, 0.15) is 29.6 Å². The van der Waals surface area contributed by atoms with E-state index < -0.39 is 23.1 Å². The Kier molecular flexibility index (Phi) is 3.33. The average Bonchev–Trinajstić information content (AvgIpc) is 2.23. The Hall–Kier alpha value is -1.16. The van der Waals surface area contributed by atoms with E-state index in [0.29, 0.717) is 11.9 Å². The van der Waals surface area contributed by atoms with E-state index in [9.17, 15) is 13.6 Å². The fourth-order valence-electron chi connectivity index (χ4n) is 1.88. The van der Waals surface area contributed by atoms with Crippen molar-refractivity contribution < 1.29 is 13.6 Å². The predicted octanol–water partition coefficient (Wildman–Crippen LogP) is 2.86. The van der Waals surface area contributed by atoms with Gasteiger partial charge in [0, 0.05) is 11.9 Å². The second kappa shape index (κ2) is 4.61. The summed E-state index contributed by atoms with van der Waals surface area (Å²) in [4.78, 5) is 11.8. The lowest BCUT2D eigenvalue weighted by atomic mass is 9.78. The Morgan fingerprint density at radius 2 is 2.12 bits per heavy atom. The van der Waals surface area contributed by atoms with Crippen LogP contribution < -0.4 is 5.32 Å².